The number of carbonyl (C=O) groups excluding carboxylic acids is 4. The van der Waals surface area contributed by atoms with Gasteiger partial charge in [-0.25, -0.2) is 9.78 Å². The van der Waals surface area contributed by atoms with E-state index >= 15 is 0 Å². The Morgan fingerprint density at radius 1 is 0.952 bits per heavy atom. The van der Waals surface area contributed by atoms with Gasteiger partial charge >= 0.3 is 5.97 Å². The molecule has 4 amide bonds. The van der Waals surface area contributed by atoms with Crippen LogP contribution in [0.3, 0.4) is 0 Å². The minimum atomic E-state index is -1.42. The van der Waals surface area contributed by atoms with Gasteiger partial charge in [0.2, 0.25) is 23.6 Å². The molecule has 226 valence electrons. The van der Waals surface area contributed by atoms with Gasteiger partial charge in [-0.05, 0) is 24.0 Å². The maximum atomic E-state index is 13.6. The highest BCUT2D eigenvalue weighted by Gasteiger charge is 2.32. The molecular weight excluding hydrogens is 544 g/mol. The third kappa shape index (κ3) is 8.64. The topological polar surface area (TPSA) is 238 Å². The number of fused-ring (bicyclic) bond motifs is 1. The lowest BCUT2D eigenvalue weighted by atomic mass is 9.98. The Hall–Kier alpha value is -4.72. The quantitative estimate of drug-likeness (QED) is 0.113. The molecule has 3 aromatic rings. The van der Waals surface area contributed by atoms with Crippen molar-refractivity contribution in [2.45, 2.75) is 70.1 Å². The predicted molar refractivity (Wildman–Crippen MR) is 154 cm³/mol. The second-order valence-electron chi connectivity index (χ2n) is 10.3. The standard InChI is InChI=1S/C28H38N8O6/c1-3-15(2)24(30)27(40)36-22(11-17-13-31-14-33-17)26(39)35-21(10-16-12-32-19-7-5-4-6-18(16)19)25(38)34-20(28(41)42)8-9-23(29)37/h4-7,12-15,20-22,24,32H,3,8-11,30H2,1-2H3,(H2,29,37)(H,31,33)(H,34,38)(H,35,39)(H,36,40)(H,41,42). The fourth-order valence-corrected chi connectivity index (χ4v) is 4.42. The Balaban J connectivity index is 1.88. The van der Waals surface area contributed by atoms with Crippen LogP contribution >= 0.6 is 0 Å². The smallest absolute Gasteiger partial charge is 0.326 e. The van der Waals surface area contributed by atoms with Crippen molar-refractivity contribution in [1.82, 2.24) is 30.9 Å². The van der Waals surface area contributed by atoms with Crippen molar-refractivity contribution in [2.24, 2.45) is 17.4 Å². The maximum absolute atomic E-state index is 13.6. The Morgan fingerprint density at radius 2 is 1.60 bits per heavy atom. The van der Waals surface area contributed by atoms with E-state index in [1.54, 1.807) is 6.20 Å². The summed E-state index contributed by atoms with van der Waals surface area (Å²) in [6.45, 7) is 3.72. The lowest BCUT2D eigenvalue weighted by Gasteiger charge is -2.26. The monoisotopic (exact) mass is 582 g/mol. The number of hydrogen-bond acceptors (Lipinski definition) is 7. The predicted octanol–water partition coefficient (Wildman–Crippen LogP) is -0.146. The van der Waals surface area contributed by atoms with E-state index in [0.29, 0.717) is 17.7 Å². The van der Waals surface area contributed by atoms with Crippen LogP contribution in [0.4, 0.5) is 0 Å². The minimum absolute atomic E-state index is 0.000845. The molecule has 1 aromatic carbocycles. The molecule has 0 spiro atoms. The number of aliphatic carboxylic acids is 1. The summed E-state index contributed by atoms with van der Waals surface area (Å²) in [7, 11) is 0. The molecule has 5 atom stereocenters. The molecule has 42 heavy (non-hydrogen) atoms. The molecule has 10 N–H and O–H groups in total. The van der Waals surface area contributed by atoms with Crippen LogP contribution < -0.4 is 27.4 Å². The fraction of sp³-hybridized carbons (Fsp3) is 0.429. The summed E-state index contributed by atoms with van der Waals surface area (Å²) < 4.78 is 0. The summed E-state index contributed by atoms with van der Waals surface area (Å²) in [5.41, 5.74) is 13.3. The number of primary amides is 1. The molecule has 0 radical (unpaired) electrons. The van der Waals surface area contributed by atoms with E-state index in [-0.39, 0.29) is 31.6 Å². The fourth-order valence-electron chi connectivity index (χ4n) is 4.42. The van der Waals surface area contributed by atoms with Crippen molar-refractivity contribution in [1.29, 1.82) is 0 Å². The molecule has 14 heteroatoms. The second kappa shape index (κ2) is 14.8. The van der Waals surface area contributed by atoms with E-state index in [1.807, 2.05) is 38.1 Å². The number of carboxylic acid groups (broad SMARTS) is 1. The van der Waals surface area contributed by atoms with E-state index in [4.69, 9.17) is 11.5 Å². The third-order valence-electron chi connectivity index (χ3n) is 7.20. The number of nitrogens with two attached hydrogens (primary N) is 2. The summed E-state index contributed by atoms with van der Waals surface area (Å²) in [4.78, 5) is 73.0. The van der Waals surface area contributed by atoms with Gasteiger partial charge in [0.25, 0.3) is 0 Å². The van der Waals surface area contributed by atoms with Gasteiger partial charge in [0.05, 0.1) is 12.4 Å². The largest absolute Gasteiger partial charge is 0.480 e. The number of benzene rings is 1. The number of hydrogen-bond donors (Lipinski definition) is 8. The van der Waals surface area contributed by atoms with Gasteiger partial charge < -0.3 is 42.5 Å². The Kier molecular flexibility index (Phi) is 11.2. The van der Waals surface area contributed by atoms with Crippen LogP contribution in [0.5, 0.6) is 0 Å². The van der Waals surface area contributed by atoms with Crippen LogP contribution in [-0.4, -0.2) is 73.8 Å². The van der Waals surface area contributed by atoms with Crippen LogP contribution in [0, 0.1) is 5.92 Å². The number of H-pyrrole nitrogens is 2. The Bertz CT molecular complexity index is 1390. The van der Waals surface area contributed by atoms with Crippen LogP contribution in [0.15, 0.2) is 43.0 Å². The zero-order valence-corrected chi connectivity index (χ0v) is 23.6. The number of carboxylic acids is 1. The second-order valence-corrected chi connectivity index (χ2v) is 10.3. The SMILES string of the molecule is CCC(C)C(N)C(=O)NC(Cc1cnc[nH]1)C(=O)NC(Cc1c[nH]c2ccccc12)C(=O)NC(CCC(N)=O)C(=O)O. The average molecular weight is 583 g/mol. The highest BCUT2D eigenvalue weighted by Crippen LogP contribution is 2.19. The van der Waals surface area contributed by atoms with Crippen molar-refractivity contribution in [3.63, 3.8) is 0 Å². The molecular formula is C28H38N8O6. The molecule has 2 heterocycles. The Morgan fingerprint density at radius 3 is 2.21 bits per heavy atom. The van der Waals surface area contributed by atoms with Crippen molar-refractivity contribution >= 4 is 40.5 Å². The van der Waals surface area contributed by atoms with Gasteiger partial charge in [-0.3, -0.25) is 19.2 Å². The number of aromatic nitrogens is 3. The summed E-state index contributed by atoms with van der Waals surface area (Å²) in [5.74, 6) is -4.21. The molecule has 0 bridgehead atoms. The molecule has 5 unspecified atom stereocenters. The summed E-state index contributed by atoms with van der Waals surface area (Å²) in [5, 5.41) is 18.2. The van der Waals surface area contributed by atoms with Crippen molar-refractivity contribution in [3.8, 4) is 0 Å². The number of rotatable bonds is 16. The maximum Gasteiger partial charge on any atom is 0.326 e. The van der Waals surface area contributed by atoms with E-state index in [9.17, 15) is 29.1 Å². The van der Waals surface area contributed by atoms with Crippen LogP contribution in [-0.2, 0) is 36.8 Å². The number of imidazole rings is 1. The first-order valence-electron chi connectivity index (χ1n) is 13.7. The molecule has 0 fully saturated rings. The van der Waals surface area contributed by atoms with E-state index < -0.39 is 53.8 Å². The molecule has 0 aliphatic rings. The first-order chi connectivity index (χ1) is 20.0. The van der Waals surface area contributed by atoms with Crippen molar-refractivity contribution < 1.29 is 29.1 Å². The molecule has 0 saturated heterocycles. The van der Waals surface area contributed by atoms with Crippen LogP contribution in [0.1, 0.15) is 44.4 Å². The highest BCUT2D eigenvalue weighted by molar-refractivity contribution is 5.95. The minimum Gasteiger partial charge on any atom is -0.480 e. The molecule has 14 nitrogen and oxygen atoms in total. The van der Waals surface area contributed by atoms with Gasteiger partial charge in [-0.1, -0.05) is 38.5 Å². The number of para-hydroxylation sites is 1. The summed E-state index contributed by atoms with van der Waals surface area (Å²) in [6.07, 6.45) is 4.84. The normalized spacial score (nSPS) is 14.7. The zero-order chi connectivity index (χ0) is 30.8. The lowest BCUT2D eigenvalue weighted by Crippen LogP contribution is -2.58. The molecule has 0 saturated carbocycles. The molecule has 0 aliphatic carbocycles. The van der Waals surface area contributed by atoms with Crippen LogP contribution in [0.2, 0.25) is 0 Å². The number of nitrogens with zero attached hydrogens (tertiary/aromatic N) is 1. The summed E-state index contributed by atoms with van der Waals surface area (Å²) >= 11 is 0. The van der Waals surface area contributed by atoms with Gasteiger partial charge in [-0.2, -0.15) is 0 Å². The van der Waals surface area contributed by atoms with Crippen molar-refractivity contribution in [3.05, 3.63) is 54.2 Å². The zero-order valence-electron chi connectivity index (χ0n) is 23.6. The van der Waals surface area contributed by atoms with Gasteiger partial charge in [-0.15, -0.1) is 0 Å². The third-order valence-corrected chi connectivity index (χ3v) is 7.20. The lowest BCUT2D eigenvalue weighted by molar-refractivity contribution is -0.142. The highest BCUT2D eigenvalue weighted by atomic mass is 16.4. The van der Waals surface area contributed by atoms with Gasteiger partial charge in [0.1, 0.15) is 18.1 Å². The van der Waals surface area contributed by atoms with E-state index in [2.05, 4.69) is 30.9 Å². The van der Waals surface area contributed by atoms with Crippen molar-refractivity contribution in [2.75, 3.05) is 0 Å². The average Bonchev–Trinajstić information content (AvgIpc) is 3.63. The van der Waals surface area contributed by atoms with E-state index in [0.717, 1.165) is 10.9 Å². The first kappa shape index (κ1) is 31.8. The number of carbonyl (C=O) groups is 5. The Labute approximate surface area is 242 Å². The molecule has 2 aromatic heterocycles. The van der Waals surface area contributed by atoms with E-state index in [1.165, 1.54) is 12.5 Å². The summed E-state index contributed by atoms with van der Waals surface area (Å²) in [6, 6.07) is 2.73. The molecule has 3 rings (SSSR count). The number of amides is 4. The number of aromatic amines is 2. The number of nitrogens with one attached hydrogen (secondary N) is 5. The first-order valence-corrected chi connectivity index (χ1v) is 13.7. The van der Waals surface area contributed by atoms with Gasteiger partial charge in [0.15, 0.2) is 0 Å². The van der Waals surface area contributed by atoms with Crippen LogP contribution in [0.25, 0.3) is 10.9 Å². The molecule has 0 aliphatic heterocycles. The van der Waals surface area contributed by atoms with Gasteiger partial charge in [0, 0.05) is 48.3 Å².